The lowest BCUT2D eigenvalue weighted by Crippen LogP contribution is -1.99. The van der Waals surface area contributed by atoms with Gasteiger partial charge in [-0.15, -0.1) is 0 Å². The molecule has 0 fully saturated rings. The molecule has 0 bridgehead atoms. The van der Waals surface area contributed by atoms with Crippen LogP contribution in [-0.2, 0) is 4.79 Å². The largest absolute Gasteiger partial charge is 0.291 e. The number of rotatable bonds is 7. The monoisotopic (exact) mass is 155 g/mol. The van der Waals surface area contributed by atoms with E-state index in [0.29, 0.717) is 12.3 Å². The molecule has 0 saturated heterocycles. The van der Waals surface area contributed by atoms with E-state index in [9.17, 15) is 4.79 Å². The topological polar surface area (TPSA) is 17.1 Å². The predicted molar refractivity (Wildman–Crippen MR) is 48.2 cm³/mol. The van der Waals surface area contributed by atoms with Crippen LogP contribution in [0.5, 0.6) is 0 Å². The molecule has 0 aromatic rings. The van der Waals surface area contributed by atoms with Gasteiger partial charge in [-0.2, -0.15) is 0 Å². The Kier molecular flexibility index (Phi) is 7.54. The molecule has 1 radical (unpaired) electrons. The maximum atomic E-state index is 10.1. The molecular weight excluding hydrogens is 136 g/mol. The molecule has 0 aliphatic rings. The van der Waals surface area contributed by atoms with Gasteiger partial charge in [0.2, 0.25) is 0 Å². The third-order valence-electron chi connectivity index (χ3n) is 2.17. The Hall–Kier alpha value is -0.330. The van der Waals surface area contributed by atoms with Crippen LogP contribution in [0, 0.1) is 5.92 Å². The molecule has 1 atom stereocenters. The Morgan fingerprint density at radius 1 is 1.27 bits per heavy atom. The highest BCUT2D eigenvalue weighted by atomic mass is 16.1. The smallest absolute Gasteiger partial charge is 0.198 e. The molecular formula is C10H19O. The fourth-order valence-electron chi connectivity index (χ4n) is 1.25. The molecule has 0 heterocycles. The Bertz CT molecular complexity index is 88.9. The number of unbranched alkanes of at least 4 members (excludes halogenated alkanes) is 2. The zero-order valence-corrected chi connectivity index (χ0v) is 7.73. The Morgan fingerprint density at radius 2 is 2.00 bits per heavy atom. The maximum absolute atomic E-state index is 10.1. The second kappa shape index (κ2) is 7.77. The summed E-state index contributed by atoms with van der Waals surface area (Å²) in [5.74, 6) is 0.596. The van der Waals surface area contributed by atoms with Gasteiger partial charge in [0.1, 0.15) is 0 Å². The molecule has 0 aromatic carbocycles. The Labute approximate surface area is 70.2 Å². The molecule has 65 valence electrons. The van der Waals surface area contributed by atoms with Crippen LogP contribution in [0.1, 0.15) is 52.4 Å². The van der Waals surface area contributed by atoms with E-state index in [1.807, 2.05) is 6.29 Å². The van der Waals surface area contributed by atoms with Crippen molar-refractivity contribution < 1.29 is 4.79 Å². The van der Waals surface area contributed by atoms with Crippen LogP contribution in [-0.4, -0.2) is 6.29 Å². The molecule has 1 heteroatoms. The standard InChI is InChI=1S/C10H19O/c1-3-5-6-7-10(4-2)8-9-11/h10H,3-8H2,1-2H3. The van der Waals surface area contributed by atoms with Crippen LogP contribution in [0.2, 0.25) is 0 Å². The normalized spacial score (nSPS) is 12.9. The average Bonchev–Trinajstić information content (AvgIpc) is 2.03. The van der Waals surface area contributed by atoms with Crippen LogP contribution in [0.25, 0.3) is 0 Å². The van der Waals surface area contributed by atoms with E-state index in [2.05, 4.69) is 13.8 Å². The maximum Gasteiger partial charge on any atom is 0.198 e. The molecule has 0 N–H and O–H groups in total. The number of hydrogen-bond acceptors (Lipinski definition) is 1. The molecule has 0 aromatic heterocycles. The van der Waals surface area contributed by atoms with Crippen LogP contribution < -0.4 is 0 Å². The van der Waals surface area contributed by atoms with Crippen LogP contribution in [0.3, 0.4) is 0 Å². The first-order valence-electron chi connectivity index (χ1n) is 4.70. The van der Waals surface area contributed by atoms with Gasteiger partial charge in [-0.3, -0.25) is 4.79 Å². The third-order valence-corrected chi connectivity index (χ3v) is 2.17. The summed E-state index contributed by atoms with van der Waals surface area (Å²) in [7, 11) is 0. The number of carbonyl (C=O) groups excluding carboxylic acids is 1. The van der Waals surface area contributed by atoms with Gasteiger partial charge in [-0.25, -0.2) is 0 Å². The summed E-state index contributed by atoms with van der Waals surface area (Å²) < 4.78 is 0. The SMILES string of the molecule is CCCCCC(CC)C[C]=O. The first kappa shape index (κ1) is 10.7. The van der Waals surface area contributed by atoms with Crippen molar-refractivity contribution in [3.05, 3.63) is 0 Å². The molecule has 0 amide bonds. The first-order valence-corrected chi connectivity index (χ1v) is 4.70. The zero-order chi connectivity index (χ0) is 8.53. The molecule has 0 saturated carbocycles. The van der Waals surface area contributed by atoms with E-state index < -0.39 is 0 Å². The lowest BCUT2D eigenvalue weighted by molar-refractivity contribution is 0.443. The molecule has 0 rings (SSSR count). The van der Waals surface area contributed by atoms with E-state index in [-0.39, 0.29) is 0 Å². The van der Waals surface area contributed by atoms with E-state index in [1.54, 1.807) is 0 Å². The quantitative estimate of drug-likeness (QED) is 0.516. The average molecular weight is 155 g/mol. The van der Waals surface area contributed by atoms with Crippen molar-refractivity contribution in [2.75, 3.05) is 0 Å². The molecule has 11 heavy (non-hydrogen) atoms. The fourth-order valence-corrected chi connectivity index (χ4v) is 1.25. The summed E-state index contributed by atoms with van der Waals surface area (Å²) in [6, 6.07) is 0. The van der Waals surface area contributed by atoms with Crippen molar-refractivity contribution in [1.29, 1.82) is 0 Å². The van der Waals surface area contributed by atoms with Crippen LogP contribution >= 0.6 is 0 Å². The summed E-state index contributed by atoms with van der Waals surface area (Å²) >= 11 is 0. The van der Waals surface area contributed by atoms with Crippen molar-refractivity contribution >= 4 is 6.29 Å². The van der Waals surface area contributed by atoms with E-state index >= 15 is 0 Å². The van der Waals surface area contributed by atoms with E-state index in [4.69, 9.17) is 0 Å². The summed E-state index contributed by atoms with van der Waals surface area (Å²) in [6.45, 7) is 4.35. The zero-order valence-electron chi connectivity index (χ0n) is 7.73. The highest BCUT2D eigenvalue weighted by molar-refractivity contribution is 5.50. The van der Waals surface area contributed by atoms with E-state index in [0.717, 1.165) is 6.42 Å². The lowest BCUT2D eigenvalue weighted by Gasteiger charge is -2.09. The predicted octanol–water partition coefficient (Wildman–Crippen LogP) is 3.09. The van der Waals surface area contributed by atoms with Gasteiger partial charge in [0.25, 0.3) is 0 Å². The summed E-state index contributed by atoms with van der Waals surface area (Å²) in [4.78, 5) is 10.1. The van der Waals surface area contributed by atoms with Gasteiger partial charge in [0, 0.05) is 6.42 Å². The van der Waals surface area contributed by atoms with Gasteiger partial charge >= 0.3 is 0 Å². The van der Waals surface area contributed by atoms with Crippen LogP contribution in [0.15, 0.2) is 0 Å². The third kappa shape index (κ3) is 6.08. The van der Waals surface area contributed by atoms with Crippen molar-refractivity contribution in [1.82, 2.24) is 0 Å². The first-order chi connectivity index (χ1) is 5.35. The van der Waals surface area contributed by atoms with Crippen molar-refractivity contribution in [3.8, 4) is 0 Å². The van der Waals surface area contributed by atoms with Crippen molar-refractivity contribution in [2.24, 2.45) is 5.92 Å². The fraction of sp³-hybridized carbons (Fsp3) is 0.900. The van der Waals surface area contributed by atoms with E-state index in [1.165, 1.54) is 25.7 Å². The van der Waals surface area contributed by atoms with Crippen LogP contribution in [0.4, 0.5) is 0 Å². The molecule has 1 nitrogen and oxygen atoms in total. The van der Waals surface area contributed by atoms with Gasteiger partial charge in [0.05, 0.1) is 0 Å². The molecule has 1 unspecified atom stereocenters. The minimum atomic E-state index is 0.596. The second-order valence-electron chi connectivity index (χ2n) is 3.12. The summed E-state index contributed by atoms with van der Waals surface area (Å²) in [5.41, 5.74) is 0. The van der Waals surface area contributed by atoms with Gasteiger partial charge in [0.15, 0.2) is 6.29 Å². The summed E-state index contributed by atoms with van der Waals surface area (Å²) in [6.07, 6.45) is 8.81. The van der Waals surface area contributed by atoms with Crippen molar-refractivity contribution in [2.45, 2.75) is 52.4 Å². The Morgan fingerprint density at radius 3 is 2.45 bits per heavy atom. The Balaban J connectivity index is 3.27. The van der Waals surface area contributed by atoms with Gasteiger partial charge in [-0.05, 0) is 5.92 Å². The minimum Gasteiger partial charge on any atom is -0.291 e. The highest BCUT2D eigenvalue weighted by Gasteiger charge is 2.04. The molecule has 0 aliphatic heterocycles. The number of hydrogen-bond donors (Lipinski definition) is 0. The van der Waals surface area contributed by atoms with Gasteiger partial charge < -0.3 is 0 Å². The van der Waals surface area contributed by atoms with Gasteiger partial charge in [-0.1, -0.05) is 46.0 Å². The van der Waals surface area contributed by atoms with Crippen molar-refractivity contribution in [3.63, 3.8) is 0 Å². The summed E-state index contributed by atoms with van der Waals surface area (Å²) in [5, 5.41) is 0. The second-order valence-corrected chi connectivity index (χ2v) is 3.12. The molecule has 0 spiro atoms. The molecule has 0 aliphatic carbocycles. The minimum absolute atomic E-state index is 0.596. The highest BCUT2D eigenvalue weighted by Crippen LogP contribution is 2.15. The lowest BCUT2D eigenvalue weighted by atomic mass is 9.96.